The van der Waals surface area contributed by atoms with Crippen molar-refractivity contribution in [3.8, 4) is 0 Å². The third-order valence-electron chi connectivity index (χ3n) is 3.69. The number of aliphatic hydroxyl groups is 1. The molecular formula is C14H20N4O2. The first-order valence-corrected chi connectivity index (χ1v) is 6.81. The largest absolute Gasteiger partial charge is 0.388 e. The van der Waals surface area contributed by atoms with E-state index < -0.39 is 5.60 Å². The van der Waals surface area contributed by atoms with E-state index in [2.05, 4.69) is 15.4 Å². The highest BCUT2D eigenvalue weighted by Gasteiger charge is 2.25. The molecule has 6 nitrogen and oxygen atoms in total. The summed E-state index contributed by atoms with van der Waals surface area (Å²) in [5.41, 5.74) is 0.747. The highest BCUT2D eigenvalue weighted by molar-refractivity contribution is 6.00. The van der Waals surface area contributed by atoms with Gasteiger partial charge in [-0.2, -0.15) is 5.10 Å². The minimum atomic E-state index is -0.861. The van der Waals surface area contributed by atoms with Gasteiger partial charge in [0, 0.05) is 18.9 Å². The van der Waals surface area contributed by atoms with Crippen LogP contribution in [0.25, 0.3) is 5.65 Å². The lowest BCUT2D eigenvalue weighted by atomic mass is 9.97. The van der Waals surface area contributed by atoms with Crippen molar-refractivity contribution in [2.45, 2.75) is 39.2 Å². The number of carbonyl (C=O) groups is 1. The quantitative estimate of drug-likeness (QED) is 0.863. The highest BCUT2D eigenvalue weighted by atomic mass is 16.3. The lowest BCUT2D eigenvalue weighted by Gasteiger charge is -2.25. The topological polar surface area (TPSA) is 79.5 Å². The van der Waals surface area contributed by atoms with Crippen molar-refractivity contribution in [1.29, 1.82) is 0 Å². The van der Waals surface area contributed by atoms with E-state index in [1.807, 2.05) is 13.8 Å². The lowest BCUT2D eigenvalue weighted by molar-refractivity contribution is 0.0314. The summed E-state index contributed by atoms with van der Waals surface area (Å²) in [7, 11) is 0. The second-order valence-corrected chi connectivity index (χ2v) is 4.96. The molecule has 0 saturated carbocycles. The molecule has 0 aliphatic carbocycles. The molecule has 2 heterocycles. The standard InChI is InChI=1S/C14H20N4O2/c1-4-14(20,5-2)9-16-13(19)11-10(3)17-18-8-6-7-15-12(11)18/h6-8,20H,4-5,9H2,1-3H3,(H,16,19). The van der Waals surface area contributed by atoms with Crippen molar-refractivity contribution in [1.82, 2.24) is 19.9 Å². The van der Waals surface area contributed by atoms with E-state index in [1.54, 1.807) is 29.9 Å². The maximum atomic E-state index is 12.3. The van der Waals surface area contributed by atoms with E-state index in [0.29, 0.717) is 29.7 Å². The molecule has 2 aromatic rings. The van der Waals surface area contributed by atoms with Gasteiger partial charge in [0.2, 0.25) is 0 Å². The second kappa shape index (κ2) is 5.58. The molecule has 20 heavy (non-hydrogen) atoms. The molecule has 0 bridgehead atoms. The Morgan fingerprint density at radius 2 is 2.15 bits per heavy atom. The summed E-state index contributed by atoms with van der Waals surface area (Å²) in [6.07, 6.45) is 4.56. The first-order valence-electron chi connectivity index (χ1n) is 6.81. The fourth-order valence-corrected chi connectivity index (χ4v) is 2.10. The third-order valence-corrected chi connectivity index (χ3v) is 3.69. The number of hydrogen-bond donors (Lipinski definition) is 2. The van der Waals surface area contributed by atoms with Gasteiger partial charge in [0.1, 0.15) is 5.56 Å². The molecule has 0 radical (unpaired) electrons. The summed E-state index contributed by atoms with van der Waals surface area (Å²) in [4.78, 5) is 16.5. The van der Waals surface area contributed by atoms with Crippen LogP contribution in [0.5, 0.6) is 0 Å². The second-order valence-electron chi connectivity index (χ2n) is 4.96. The van der Waals surface area contributed by atoms with Crippen LogP contribution < -0.4 is 5.32 Å². The smallest absolute Gasteiger partial charge is 0.257 e. The predicted octanol–water partition coefficient (Wildman–Crippen LogP) is 1.32. The Morgan fingerprint density at radius 3 is 2.80 bits per heavy atom. The van der Waals surface area contributed by atoms with Crippen LogP contribution in [-0.2, 0) is 0 Å². The van der Waals surface area contributed by atoms with Crippen LogP contribution in [0.4, 0.5) is 0 Å². The average molecular weight is 276 g/mol. The molecule has 0 spiro atoms. The van der Waals surface area contributed by atoms with Gasteiger partial charge in [-0.25, -0.2) is 9.50 Å². The SMILES string of the molecule is CCC(O)(CC)CNC(=O)c1c(C)nn2cccnc12. The number of nitrogens with one attached hydrogen (secondary N) is 1. The Morgan fingerprint density at radius 1 is 1.45 bits per heavy atom. The van der Waals surface area contributed by atoms with Gasteiger partial charge in [-0.3, -0.25) is 4.79 Å². The first-order chi connectivity index (χ1) is 9.50. The van der Waals surface area contributed by atoms with Gasteiger partial charge in [-0.1, -0.05) is 13.8 Å². The number of nitrogens with zero attached hydrogens (tertiary/aromatic N) is 3. The average Bonchev–Trinajstić information content (AvgIpc) is 2.80. The zero-order chi connectivity index (χ0) is 14.8. The van der Waals surface area contributed by atoms with E-state index in [9.17, 15) is 9.90 Å². The Balaban J connectivity index is 2.22. The van der Waals surface area contributed by atoms with Crippen LogP contribution in [0.2, 0.25) is 0 Å². The normalized spacial score (nSPS) is 11.8. The van der Waals surface area contributed by atoms with Gasteiger partial charge >= 0.3 is 0 Å². The van der Waals surface area contributed by atoms with E-state index in [4.69, 9.17) is 0 Å². The van der Waals surface area contributed by atoms with Crippen LogP contribution in [0.3, 0.4) is 0 Å². The van der Waals surface area contributed by atoms with E-state index >= 15 is 0 Å². The summed E-state index contributed by atoms with van der Waals surface area (Å²) >= 11 is 0. The first kappa shape index (κ1) is 14.5. The summed E-state index contributed by atoms with van der Waals surface area (Å²) in [5, 5.41) is 17.2. The molecule has 6 heteroatoms. The predicted molar refractivity (Wildman–Crippen MR) is 75.6 cm³/mol. The van der Waals surface area contributed by atoms with Crippen molar-refractivity contribution >= 4 is 11.6 Å². The molecule has 0 aliphatic heterocycles. The Labute approximate surface area is 117 Å². The molecule has 2 N–H and O–H groups in total. The molecule has 0 aromatic carbocycles. The number of fused-ring (bicyclic) bond motifs is 1. The number of aromatic nitrogens is 3. The number of aryl methyl sites for hydroxylation is 1. The van der Waals surface area contributed by atoms with Crippen molar-refractivity contribution in [2.24, 2.45) is 0 Å². The summed E-state index contributed by atoms with van der Waals surface area (Å²) in [6, 6.07) is 1.76. The van der Waals surface area contributed by atoms with E-state index in [0.717, 1.165) is 0 Å². The van der Waals surface area contributed by atoms with Crippen molar-refractivity contribution in [3.63, 3.8) is 0 Å². The fraction of sp³-hybridized carbons (Fsp3) is 0.500. The van der Waals surface area contributed by atoms with Gasteiger partial charge in [-0.15, -0.1) is 0 Å². The Bertz CT molecular complexity index is 617. The zero-order valence-electron chi connectivity index (χ0n) is 12.1. The molecule has 1 amide bonds. The molecule has 0 saturated heterocycles. The molecule has 0 fully saturated rings. The molecule has 0 atom stereocenters. The number of rotatable bonds is 5. The van der Waals surface area contributed by atoms with E-state index in [1.165, 1.54) is 0 Å². The van der Waals surface area contributed by atoms with Gasteiger partial charge in [0.05, 0.1) is 11.3 Å². The molecular weight excluding hydrogens is 256 g/mol. The third kappa shape index (κ3) is 2.65. The molecule has 0 aliphatic rings. The van der Waals surface area contributed by atoms with Crippen molar-refractivity contribution < 1.29 is 9.90 Å². The van der Waals surface area contributed by atoms with Gasteiger partial charge in [0.15, 0.2) is 5.65 Å². The highest BCUT2D eigenvalue weighted by Crippen LogP contribution is 2.15. The zero-order valence-corrected chi connectivity index (χ0v) is 12.1. The molecule has 0 unspecified atom stereocenters. The minimum absolute atomic E-state index is 0.225. The Kier molecular flexibility index (Phi) is 4.04. The minimum Gasteiger partial charge on any atom is -0.388 e. The monoisotopic (exact) mass is 276 g/mol. The maximum Gasteiger partial charge on any atom is 0.257 e. The number of amides is 1. The lowest BCUT2D eigenvalue weighted by Crippen LogP contribution is -2.42. The maximum absolute atomic E-state index is 12.3. The van der Waals surface area contributed by atoms with Crippen LogP contribution >= 0.6 is 0 Å². The summed E-state index contributed by atoms with van der Waals surface area (Å²) in [6.45, 7) is 5.80. The van der Waals surface area contributed by atoms with Gasteiger partial charge in [0.25, 0.3) is 5.91 Å². The van der Waals surface area contributed by atoms with Gasteiger partial charge < -0.3 is 10.4 Å². The summed E-state index contributed by atoms with van der Waals surface area (Å²) < 4.78 is 1.58. The Hall–Kier alpha value is -1.95. The van der Waals surface area contributed by atoms with E-state index in [-0.39, 0.29) is 12.5 Å². The van der Waals surface area contributed by atoms with Crippen LogP contribution in [-0.4, -0.2) is 37.8 Å². The van der Waals surface area contributed by atoms with Crippen LogP contribution in [0.1, 0.15) is 42.7 Å². The summed E-state index contributed by atoms with van der Waals surface area (Å²) in [5.74, 6) is -0.253. The van der Waals surface area contributed by atoms with Crippen LogP contribution in [0, 0.1) is 6.92 Å². The van der Waals surface area contributed by atoms with Crippen molar-refractivity contribution in [3.05, 3.63) is 29.7 Å². The molecule has 108 valence electrons. The fourth-order valence-electron chi connectivity index (χ4n) is 2.10. The van der Waals surface area contributed by atoms with Crippen molar-refractivity contribution in [2.75, 3.05) is 6.54 Å². The number of carbonyl (C=O) groups excluding carboxylic acids is 1. The number of hydrogen-bond acceptors (Lipinski definition) is 4. The van der Waals surface area contributed by atoms with Gasteiger partial charge in [-0.05, 0) is 25.8 Å². The van der Waals surface area contributed by atoms with Crippen LogP contribution in [0.15, 0.2) is 18.5 Å². The molecule has 2 rings (SSSR count). The molecule has 2 aromatic heterocycles.